The van der Waals surface area contributed by atoms with Crippen LogP contribution in [0.2, 0.25) is 0 Å². The third-order valence-electron chi connectivity index (χ3n) is 3.56. The van der Waals surface area contributed by atoms with Gasteiger partial charge in [-0.2, -0.15) is 0 Å². The molecule has 0 aromatic carbocycles. The summed E-state index contributed by atoms with van der Waals surface area (Å²) in [5.74, 6) is 0. The summed E-state index contributed by atoms with van der Waals surface area (Å²) in [6, 6.07) is 5.02. The summed E-state index contributed by atoms with van der Waals surface area (Å²) in [7, 11) is 0. The fourth-order valence-corrected chi connectivity index (χ4v) is 6.11. The minimum Gasteiger partial charge on any atom is -0.305 e. The van der Waals surface area contributed by atoms with E-state index in [-0.39, 0.29) is 0 Å². The van der Waals surface area contributed by atoms with Crippen molar-refractivity contribution >= 4 is 38.6 Å². The lowest BCUT2D eigenvalue weighted by Crippen LogP contribution is -2.20. The molecule has 102 valence electrons. The quantitative estimate of drug-likeness (QED) is 0.807. The maximum absolute atomic E-state index is 3.72. The fraction of sp³-hybridized carbons (Fsp3) is 0.467. The Morgan fingerprint density at radius 2 is 2.16 bits per heavy atom. The highest BCUT2D eigenvalue weighted by molar-refractivity contribution is 9.10. The molecule has 4 heteroatoms. The van der Waals surface area contributed by atoms with Crippen LogP contribution in [0.3, 0.4) is 0 Å². The molecule has 0 aliphatic heterocycles. The highest BCUT2D eigenvalue weighted by atomic mass is 79.9. The van der Waals surface area contributed by atoms with E-state index in [1.807, 2.05) is 22.7 Å². The molecule has 0 bridgehead atoms. The van der Waals surface area contributed by atoms with Crippen molar-refractivity contribution in [1.82, 2.24) is 5.32 Å². The second kappa shape index (κ2) is 5.68. The Bertz CT molecular complexity index is 563. The van der Waals surface area contributed by atoms with E-state index in [9.17, 15) is 0 Å². The normalized spacial score (nSPS) is 15.7. The molecular formula is C15H18BrNS2. The number of aryl methyl sites for hydroxylation is 3. The van der Waals surface area contributed by atoms with E-state index in [0.29, 0.717) is 6.04 Å². The second-order valence-electron chi connectivity index (χ2n) is 5.01. The number of hydrogen-bond acceptors (Lipinski definition) is 3. The molecule has 2 aromatic rings. The predicted octanol–water partition coefficient (Wildman–Crippen LogP) is 5.07. The van der Waals surface area contributed by atoms with Crippen LogP contribution in [0.4, 0.5) is 0 Å². The Morgan fingerprint density at radius 1 is 1.32 bits per heavy atom. The lowest BCUT2D eigenvalue weighted by molar-refractivity contribution is 0.646. The monoisotopic (exact) mass is 355 g/mol. The average molecular weight is 356 g/mol. The van der Waals surface area contributed by atoms with Crippen LogP contribution < -0.4 is 5.32 Å². The second-order valence-corrected chi connectivity index (χ2v) is 8.32. The molecule has 3 rings (SSSR count). The van der Waals surface area contributed by atoms with Crippen molar-refractivity contribution in [3.63, 3.8) is 0 Å². The highest BCUT2D eigenvalue weighted by Gasteiger charge is 2.23. The van der Waals surface area contributed by atoms with E-state index >= 15 is 0 Å². The van der Waals surface area contributed by atoms with Crippen molar-refractivity contribution in [2.24, 2.45) is 0 Å². The van der Waals surface area contributed by atoms with Crippen molar-refractivity contribution in [1.29, 1.82) is 0 Å². The molecule has 2 aromatic heterocycles. The number of nitrogens with one attached hydrogen (secondary N) is 1. The summed E-state index contributed by atoms with van der Waals surface area (Å²) in [5.41, 5.74) is 1.59. The molecule has 1 N–H and O–H groups in total. The minimum atomic E-state index is 0.355. The van der Waals surface area contributed by atoms with Gasteiger partial charge in [0.1, 0.15) is 0 Å². The van der Waals surface area contributed by atoms with Crippen LogP contribution in [0.1, 0.15) is 44.5 Å². The topological polar surface area (TPSA) is 12.0 Å². The van der Waals surface area contributed by atoms with Gasteiger partial charge in [0.25, 0.3) is 0 Å². The van der Waals surface area contributed by atoms with E-state index in [4.69, 9.17) is 0 Å². The van der Waals surface area contributed by atoms with Crippen molar-refractivity contribution in [2.45, 2.75) is 39.2 Å². The van der Waals surface area contributed by atoms with Crippen LogP contribution in [0, 0.1) is 6.92 Å². The molecule has 1 aliphatic carbocycles. The molecule has 0 fully saturated rings. The van der Waals surface area contributed by atoms with Gasteiger partial charge in [-0.3, -0.25) is 0 Å². The largest absolute Gasteiger partial charge is 0.305 e. The van der Waals surface area contributed by atoms with Gasteiger partial charge in [0.2, 0.25) is 0 Å². The number of rotatable bonds is 4. The first kappa shape index (κ1) is 13.8. The highest BCUT2D eigenvalue weighted by Crippen LogP contribution is 2.40. The lowest BCUT2D eigenvalue weighted by atomic mass is 10.1. The smallest absolute Gasteiger partial charge is 0.0776 e. The van der Waals surface area contributed by atoms with Crippen LogP contribution in [0.5, 0.6) is 0 Å². The standard InChI is InChI=1S/C15H18BrNS2/c1-3-17-14(15-11(16)7-9(2)18-15)13-8-10-5-4-6-12(10)19-13/h7-8,14,17H,3-6H2,1-2H3. The predicted molar refractivity (Wildman–Crippen MR) is 88.6 cm³/mol. The van der Waals surface area contributed by atoms with Gasteiger partial charge >= 0.3 is 0 Å². The fourth-order valence-electron chi connectivity index (χ4n) is 2.72. The summed E-state index contributed by atoms with van der Waals surface area (Å²) >= 11 is 7.62. The summed E-state index contributed by atoms with van der Waals surface area (Å²) in [5, 5.41) is 3.65. The zero-order valence-electron chi connectivity index (χ0n) is 11.3. The Labute approximate surface area is 131 Å². The number of thiophene rings is 2. The van der Waals surface area contributed by atoms with Crippen LogP contribution in [0.25, 0.3) is 0 Å². The maximum Gasteiger partial charge on any atom is 0.0776 e. The van der Waals surface area contributed by atoms with Gasteiger partial charge in [0.05, 0.1) is 6.04 Å². The maximum atomic E-state index is 3.72. The molecule has 0 saturated heterocycles. The minimum absolute atomic E-state index is 0.355. The van der Waals surface area contributed by atoms with Gasteiger partial charge in [0, 0.05) is 24.0 Å². The van der Waals surface area contributed by atoms with E-state index in [1.165, 1.54) is 38.4 Å². The van der Waals surface area contributed by atoms with Gasteiger partial charge in [-0.05, 0) is 66.4 Å². The zero-order valence-corrected chi connectivity index (χ0v) is 14.5. The lowest BCUT2D eigenvalue weighted by Gasteiger charge is -2.15. The molecule has 1 aliphatic rings. The van der Waals surface area contributed by atoms with Crippen molar-refractivity contribution in [3.8, 4) is 0 Å². The van der Waals surface area contributed by atoms with E-state index in [2.05, 4.69) is 47.2 Å². The Morgan fingerprint density at radius 3 is 2.79 bits per heavy atom. The van der Waals surface area contributed by atoms with Crippen LogP contribution >= 0.6 is 38.6 Å². The summed E-state index contributed by atoms with van der Waals surface area (Å²) in [4.78, 5) is 5.88. The molecule has 0 amide bonds. The van der Waals surface area contributed by atoms with Crippen LogP contribution in [0.15, 0.2) is 16.6 Å². The van der Waals surface area contributed by atoms with Gasteiger partial charge in [-0.1, -0.05) is 6.92 Å². The molecule has 1 unspecified atom stereocenters. The first-order valence-electron chi connectivity index (χ1n) is 6.79. The Balaban J connectivity index is 1.98. The van der Waals surface area contributed by atoms with Crippen molar-refractivity contribution < 1.29 is 0 Å². The zero-order chi connectivity index (χ0) is 13.4. The van der Waals surface area contributed by atoms with Crippen LogP contribution in [-0.2, 0) is 12.8 Å². The van der Waals surface area contributed by atoms with Gasteiger partial charge < -0.3 is 5.32 Å². The molecule has 19 heavy (non-hydrogen) atoms. The van der Waals surface area contributed by atoms with Crippen molar-refractivity contribution in [2.75, 3.05) is 6.54 Å². The Hall–Kier alpha value is -0.160. The van der Waals surface area contributed by atoms with E-state index in [1.54, 1.807) is 10.4 Å². The molecule has 1 atom stereocenters. The average Bonchev–Trinajstić information content (AvgIpc) is 3.00. The summed E-state index contributed by atoms with van der Waals surface area (Å²) in [6.07, 6.45) is 3.90. The molecular weight excluding hydrogens is 338 g/mol. The SMILES string of the molecule is CCNC(c1cc2c(s1)CCC2)c1sc(C)cc1Br. The number of halogens is 1. The van der Waals surface area contributed by atoms with Gasteiger partial charge in [0.15, 0.2) is 0 Å². The number of hydrogen-bond donors (Lipinski definition) is 1. The molecule has 1 nitrogen and oxygen atoms in total. The first-order chi connectivity index (χ1) is 9.19. The molecule has 0 saturated carbocycles. The third-order valence-corrected chi connectivity index (χ3v) is 6.89. The first-order valence-corrected chi connectivity index (χ1v) is 9.22. The van der Waals surface area contributed by atoms with E-state index < -0.39 is 0 Å². The Kier molecular flexibility index (Phi) is 4.13. The summed E-state index contributed by atoms with van der Waals surface area (Å²) < 4.78 is 1.24. The van der Waals surface area contributed by atoms with Crippen molar-refractivity contribution in [3.05, 3.63) is 41.7 Å². The molecule has 0 radical (unpaired) electrons. The third kappa shape index (κ3) is 2.68. The summed E-state index contributed by atoms with van der Waals surface area (Å²) in [6.45, 7) is 5.36. The van der Waals surface area contributed by atoms with Crippen LogP contribution in [-0.4, -0.2) is 6.54 Å². The molecule has 0 spiro atoms. The molecule has 2 heterocycles. The van der Waals surface area contributed by atoms with E-state index in [0.717, 1.165) is 6.54 Å². The van der Waals surface area contributed by atoms with Gasteiger partial charge in [-0.15, -0.1) is 22.7 Å². The van der Waals surface area contributed by atoms with Gasteiger partial charge in [-0.25, -0.2) is 0 Å². The number of fused-ring (bicyclic) bond motifs is 1.